The van der Waals surface area contributed by atoms with Crippen LogP contribution in [0.3, 0.4) is 0 Å². The lowest BCUT2D eigenvalue weighted by Gasteiger charge is -2.13. The first kappa shape index (κ1) is 18.1. The molecular formula is C19H20N2O4S. The van der Waals surface area contributed by atoms with Crippen molar-refractivity contribution >= 4 is 29.2 Å². The Labute approximate surface area is 155 Å². The number of imide groups is 1. The number of hydrogen-bond donors (Lipinski definition) is 2. The second-order valence-electron chi connectivity index (χ2n) is 6.12. The van der Waals surface area contributed by atoms with Crippen molar-refractivity contribution in [2.45, 2.75) is 38.8 Å². The minimum atomic E-state index is -1.05. The second kappa shape index (κ2) is 8.14. The summed E-state index contributed by atoms with van der Waals surface area (Å²) in [6.07, 6.45) is 2.04. The van der Waals surface area contributed by atoms with Crippen molar-refractivity contribution in [3.63, 3.8) is 0 Å². The Morgan fingerprint density at radius 3 is 2.69 bits per heavy atom. The van der Waals surface area contributed by atoms with Crippen LogP contribution in [0.2, 0.25) is 0 Å². The minimum absolute atomic E-state index is 0.300. The highest BCUT2D eigenvalue weighted by Gasteiger charge is 2.24. The molecule has 1 aliphatic rings. The summed E-state index contributed by atoms with van der Waals surface area (Å²) in [4.78, 5) is 37.7. The number of amides is 3. The van der Waals surface area contributed by atoms with Gasteiger partial charge in [-0.15, -0.1) is 11.3 Å². The molecule has 1 aliphatic carbocycles. The molecular weight excluding hydrogens is 352 g/mol. The van der Waals surface area contributed by atoms with E-state index in [4.69, 9.17) is 4.74 Å². The van der Waals surface area contributed by atoms with Crippen LogP contribution in [0.4, 0.5) is 4.79 Å². The van der Waals surface area contributed by atoms with Crippen LogP contribution in [0.5, 0.6) is 0 Å². The van der Waals surface area contributed by atoms with Gasteiger partial charge in [-0.1, -0.05) is 30.3 Å². The first-order valence-corrected chi connectivity index (χ1v) is 9.30. The van der Waals surface area contributed by atoms with Crippen molar-refractivity contribution in [2.75, 3.05) is 0 Å². The number of carbonyl (C=O) groups excluding carboxylic acids is 3. The summed E-state index contributed by atoms with van der Waals surface area (Å²) in [6.45, 7) is 1.74. The predicted molar refractivity (Wildman–Crippen MR) is 98.0 cm³/mol. The van der Waals surface area contributed by atoms with Crippen molar-refractivity contribution in [2.24, 2.45) is 0 Å². The molecule has 3 amide bonds. The molecule has 1 heterocycles. The van der Waals surface area contributed by atoms with Gasteiger partial charge in [0.15, 0.2) is 6.10 Å². The summed E-state index contributed by atoms with van der Waals surface area (Å²) in [7, 11) is 0. The van der Waals surface area contributed by atoms with E-state index >= 15 is 0 Å². The molecule has 0 radical (unpaired) electrons. The molecule has 3 rings (SSSR count). The van der Waals surface area contributed by atoms with E-state index in [0.29, 0.717) is 11.4 Å². The Bertz CT molecular complexity index is 795. The van der Waals surface area contributed by atoms with Crippen LogP contribution in [0.15, 0.2) is 36.4 Å². The van der Waals surface area contributed by atoms with Crippen LogP contribution in [0.1, 0.15) is 39.0 Å². The fourth-order valence-corrected chi connectivity index (χ4v) is 3.87. The summed E-state index contributed by atoms with van der Waals surface area (Å²) in [5.41, 5.74) is 2.11. The summed E-state index contributed by atoms with van der Waals surface area (Å²) in [5.74, 6) is -1.19. The fraction of sp³-hybridized carbons (Fsp3) is 0.316. The first-order valence-electron chi connectivity index (χ1n) is 8.48. The SMILES string of the molecule is C[C@@H](OC(=O)c1cc2c(s1)CCC2)C(=O)NC(=O)NCc1ccccc1. The molecule has 1 aromatic carbocycles. The number of thiophene rings is 1. The molecule has 6 nitrogen and oxygen atoms in total. The number of rotatable bonds is 5. The smallest absolute Gasteiger partial charge is 0.349 e. The summed E-state index contributed by atoms with van der Waals surface area (Å²) in [6, 6.07) is 10.6. The van der Waals surface area contributed by atoms with Crippen molar-refractivity contribution in [3.05, 3.63) is 57.3 Å². The van der Waals surface area contributed by atoms with Crippen molar-refractivity contribution in [1.29, 1.82) is 0 Å². The van der Waals surface area contributed by atoms with Crippen LogP contribution in [0, 0.1) is 0 Å². The standard InChI is InChI=1S/C19H20N2O4S/c1-12(25-18(23)16-10-14-8-5-9-15(14)26-16)17(22)21-19(24)20-11-13-6-3-2-4-7-13/h2-4,6-7,10,12H,5,8-9,11H2,1H3,(H2,20,21,22,24)/t12-/m1/s1. The van der Waals surface area contributed by atoms with Crippen LogP contribution >= 0.6 is 11.3 Å². The summed E-state index contributed by atoms with van der Waals surface area (Å²) >= 11 is 1.42. The lowest BCUT2D eigenvalue weighted by molar-refractivity contribution is -0.127. The average molecular weight is 372 g/mol. The third-order valence-electron chi connectivity index (χ3n) is 4.13. The fourth-order valence-electron chi connectivity index (χ4n) is 2.74. The van der Waals surface area contributed by atoms with Crippen molar-refractivity contribution in [3.8, 4) is 0 Å². The molecule has 0 saturated carbocycles. The van der Waals surface area contributed by atoms with E-state index in [1.807, 2.05) is 36.4 Å². The quantitative estimate of drug-likeness (QED) is 0.791. The largest absolute Gasteiger partial charge is 0.448 e. The van der Waals surface area contributed by atoms with Gasteiger partial charge in [-0.3, -0.25) is 10.1 Å². The van der Waals surface area contributed by atoms with Crippen molar-refractivity contribution in [1.82, 2.24) is 10.6 Å². The molecule has 0 spiro atoms. The normalized spacial score (nSPS) is 13.6. The van der Waals surface area contributed by atoms with Gasteiger partial charge in [-0.2, -0.15) is 0 Å². The van der Waals surface area contributed by atoms with E-state index in [0.717, 1.165) is 24.8 Å². The lowest BCUT2D eigenvalue weighted by Crippen LogP contribution is -2.44. The topological polar surface area (TPSA) is 84.5 Å². The third kappa shape index (κ3) is 4.49. The molecule has 0 fully saturated rings. The van der Waals surface area contributed by atoms with E-state index in [9.17, 15) is 14.4 Å². The Kier molecular flexibility index (Phi) is 5.68. The monoisotopic (exact) mass is 372 g/mol. The van der Waals surface area contributed by atoms with Gasteiger partial charge in [-0.05, 0) is 43.4 Å². The number of benzene rings is 1. The molecule has 1 atom stereocenters. The van der Waals surface area contributed by atoms with Crippen LogP contribution in [0.25, 0.3) is 0 Å². The number of urea groups is 1. The Morgan fingerprint density at radius 1 is 1.19 bits per heavy atom. The van der Waals surface area contributed by atoms with Gasteiger partial charge >= 0.3 is 12.0 Å². The zero-order chi connectivity index (χ0) is 18.5. The van der Waals surface area contributed by atoms with Gasteiger partial charge in [0.25, 0.3) is 5.91 Å². The number of ether oxygens (including phenoxy) is 1. The minimum Gasteiger partial charge on any atom is -0.448 e. The number of hydrogen-bond acceptors (Lipinski definition) is 5. The molecule has 0 aliphatic heterocycles. The van der Waals surface area contributed by atoms with E-state index in [2.05, 4.69) is 10.6 Å². The van der Waals surface area contributed by atoms with Gasteiger partial charge in [0.2, 0.25) is 0 Å². The zero-order valence-corrected chi connectivity index (χ0v) is 15.2. The third-order valence-corrected chi connectivity index (χ3v) is 5.35. The van der Waals surface area contributed by atoms with E-state index in [1.54, 1.807) is 0 Å². The predicted octanol–water partition coefficient (Wildman–Crippen LogP) is 2.81. The highest BCUT2D eigenvalue weighted by molar-refractivity contribution is 7.14. The summed E-state index contributed by atoms with van der Waals surface area (Å²) < 4.78 is 5.18. The first-order chi connectivity index (χ1) is 12.5. The average Bonchev–Trinajstić information content (AvgIpc) is 3.22. The number of nitrogens with one attached hydrogen (secondary N) is 2. The van der Waals surface area contributed by atoms with Gasteiger partial charge in [-0.25, -0.2) is 9.59 Å². The molecule has 0 saturated heterocycles. The van der Waals surface area contributed by atoms with E-state index in [1.165, 1.54) is 28.7 Å². The Morgan fingerprint density at radius 2 is 1.96 bits per heavy atom. The Hall–Kier alpha value is -2.67. The van der Waals surface area contributed by atoms with Crippen molar-refractivity contribution < 1.29 is 19.1 Å². The lowest BCUT2D eigenvalue weighted by atomic mass is 10.2. The van der Waals surface area contributed by atoms with Crippen LogP contribution < -0.4 is 10.6 Å². The molecule has 136 valence electrons. The van der Waals surface area contributed by atoms with E-state index < -0.39 is 24.0 Å². The Balaban J connectivity index is 1.46. The maximum absolute atomic E-state index is 12.2. The molecule has 0 bridgehead atoms. The molecule has 7 heteroatoms. The number of fused-ring (bicyclic) bond motifs is 1. The molecule has 2 N–H and O–H groups in total. The molecule has 1 aromatic heterocycles. The number of carbonyl (C=O) groups is 3. The number of esters is 1. The van der Waals surface area contributed by atoms with Gasteiger partial charge in [0.05, 0.1) is 0 Å². The van der Waals surface area contributed by atoms with Crippen LogP contribution in [-0.4, -0.2) is 24.0 Å². The molecule has 2 aromatic rings. The zero-order valence-electron chi connectivity index (χ0n) is 14.4. The second-order valence-corrected chi connectivity index (χ2v) is 7.25. The highest BCUT2D eigenvalue weighted by atomic mass is 32.1. The van der Waals surface area contributed by atoms with Gasteiger partial charge < -0.3 is 10.1 Å². The van der Waals surface area contributed by atoms with Gasteiger partial charge in [0.1, 0.15) is 4.88 Å². The van der Waals surface area contributed by atoms with Crippen LogP contribution in [-0.2, 0) is 28.9 Å². The number of aryl methyl sites for hydroxylation is 2. The molecule has 26 heavy (non-hydrogen) atoms. The maximum Gasteiger partial charge on any atom is 0.349 e. The molecule has 0 unspecified atom stereocenters. The highest BCUT2D eigenvalue weighted by Crippen LogP contribution is 2.31. The van der Waals surface area contributed by atoms with E-state index in [-0.39, 0.29) is 0 Å². The maximum atomic E-state index is 12.2. The van der Waals surface area contributed by atoms with Gasteiger partial charge in [0, 0.05) is 11.4 Å². The summed E-state index contributed by atoms with van der Waals surface area (Å²) in [5, 5.41) is 4.77.